The van der Waals surface area contributed by atoms with E-state index in [-0.39, 0.29) is 11.9 Å². The molecule has 0 atom stereocenters. The standard InChI is InChI=1S/C17H22N6O2S/c1-12-20-21-17(26-12)19-16(25)18-11-13-3-5-14(6-4-13)15(24)23-9-7-22(2)8-10-23/h3-6H,7-11H2,1-2H3,(H2,18,19,21,25). The predicted molar refractivity (Wildman–Crippen MR) is 100 cm³/mol. The van der Waals surface area contributed by atoms with Crippen molar-refractivity contribution in [3.05, 3.63) is 40.4 Å². The second-order valence-electron chi connectivity index (χ2n) is 6.23. The molecule has 138 valence electrons. The molecule has 1 aliphatic rings. The van der Waals surface area contributed by atoms with E-state index in [0.717, 1.165) is 36.8 Å². The Bertz CT molecular complexity index is 768. The third-order valence-electron chi connectivity index (χ3n) is 4.19. The number of hydrogen-bond acceptors (Lipinski definition) is 6. The Morgan fingerprint density at radius 2 is 1.81 bits per heavy atom. The molecule has 2 N–H and O–H groups in total. The van der Waals surface area contributed by atoms with Crippen LogP contribution in [-0.2, 0) is 6.54 Å². The summed E-state index contributed by atoms with van der Waals surface area (Å²) in [6.45, 7) is 5.50. The van der Waals surface area contributed by atoms with Crippen molar-refractivity contribution in [2.45, 2.75) is 13.5 Å². The summed E-state index contributed by atoms with van der Waals surface area (Å²) in [5.41, 5.74) is 1.59. The average Bonchev–Trinajstić information content (AvgIpc) is 3.05. The molecule has 0 spiro atoms. The van der Waals surface area contributed by atoms with Crippen LogP contribution >= 0.6 is 11.3 Å². The van der Waals surface area contributed by atoms with E-state index in [1.54, 1.807) is 0 Å². The summed E-state index contributed by atoms with van der Waals surface area (Å²) in [7, 11) is 2.06. The number of hydrogen-bond donors (Lipinski definition) is 2. The lowest BCUT2D eigenvalue weighted by molar-refractivity contribution is 0.0664. The van der Waals surface area contributed by atoms with Gasteiger partial charge in [-0.15, -0.1) is 10.2 Å². The number of aromatic nitrogens is 2. The van der Waals surface area contributed by atoms with E-state index in [9.17, 15) is 9.59 Å². The van der Waals surface area contributed by atoms with Gasteiger partial charge in [0.05, 0.1) is 0 Å². The molecule has 0 saturated carbocycles. The molecule has 9 heteroatoms. The van der Waals surface area contributed by atoms with Crippen molar-refractivity contribution in [2.24, 2.45) is 0 Å². The van der Waals surface area contributed by atoms with E-state index in [0.29, 0.717) is 17.2 Å². The fraction of sp³-hybridized carbons (Fsp3) is 0.412. The van der Waals surface area contributed by atoms with Gasteiger partial charge in [0.1, 0.15) is 5.01 Å². The van der Waals surface area contributed by atoms with Crippen molar-refractivity contribution in [3.8, 4) is 0 Å². The van der Waals surface area contributed by atoms with Gasteiger partial charge in [-0.05, 0) is 31.7 Å². The third-order valence-corrected chi connectivity index (χ3v) is 4.95. The highest BCUT2D eigenvalue weighted by molar-refractivity contribution is 7.15. The highest BCUT2D eigenvalue weighted by atomic mass is 32.1. The molecule has 1 saturated heterocycles. The van der Waals surface area contributed by atoms with E-state index in [2.05, 4.69) is 32.8 Å². The number of nitrogens with zero attached hydrogens (tertiary/aromatic N) is 4. The Kier molecular flexibility index (Phi) is 5.79. The fourth-order valence-corrected chi connectivity index (χ4v) is 3.21. The first-order valence-electron chi connectivity index (χ1n) is 8.43. The highest BCUT2D eigenvalue weighted by Gasteiger charge is 2.20. The van der Waals surface area contributed by atoms with Gasteiger partial charge in [0.25, 0.3) is 5.91 Å². The van der Waals surface area contributed by atoms with Crippen LogP contribution in [0.25, 0.3) is 0 Å². The van der Waals surface area contributed by atoms with Crippen LogP contribution in [0.15, 0.2) is 24.3 Å². The van der Waals surface area contributed by atoms with Crippen molar-refractivity contribution in [1.29, 1.82) is 0 Å². The Morgan fingerprint density at radius 1 is 1.12 bits per heavy atom. The molecule has 0 radical (unpaired) electrons. The first-order valence-corrected chi connectivity index (χ1v) is 9.24. The van der Waals surface area contributed by atoms with Crippen molar-refractivity contribution in [2.75, 3.05) is 38.5 Å². The molecule has 1 fully saturated rings. The molecule has 8 nitrogen and oxygen atoms in total. The number of anilines is 1. The molecule has 0 aliphatic carbocycles. The van der Waals surface area contributed by atoms with Crippen LogP contribution in [0.5, 0.6) is 0 Å². The van der Waals surface area contributed by atoms with E-state index in [1.807, 2.05) is 36.1 Å². The first-order chi connectivity index (χ1) is 12.5. The zero-order chi connectivity index (χ0) is 18.5. The minimum Gasteiger partial charge on any atom is -0.336 e. The average molecular weight is 374 g/mol. The van der Waals surface area contributed by atoms with E-state index in [4.69, 9.17) is 0 Å². The molecule has 1 aromatic carbocycles. The van der Waals surface area contributed by atoms with Gasteiger partial charge in [0.2, 0.25) is 5.13 Å². The predicted octanol–water partition coefficient (Wildman–Crippen LogP) is 1.56. The summed E-state index contributed by atoms with van der Waals surface area (Å²) in [5, 5.41) is 14.3. The summed E-state index contributed by atoms with van der Waals surface area (Å²) in [6, 6.07) is 7.00. The van der Waals surface area contributed by atoms with Crippen LogP contribution < -0.4 is 10.6 Å². The molecule has 26 heavy (non-hydrogen) atoms. The maximum atomic E-state index is 12.5. The van der Waals surface area contributed by atoms with Crippen LogP contribution in [0.1, 0.15) is 20.9 Å². The fourth-order valence-electron chi connectivity index (χ4n) is 2.63. The number of benzene rings is 1. The Labute approximate surface area is 156 Å². The third kappa shape index (κ3) is 4.77. The number of rotatable bonds is 4. The Hall–Kier alpha value is -2.52. The SMILES string of the molecule is Cc1nnc(NC(=O)NCc2ccc(C(=O)N3CCN(C)CC3)cc2)s1. The van der Waals surface area contributed by atoms with Crippen LogP contribution in [-0.4, -0.2) is 65.2 Å². The molecule has 0 unspecified atom stereocenters. The van der Waals surface area contributed by atoms with Crippen LogP contribution in [0.2, 0.25) is 0 Å². The van der Waals surface area contributed by atoms with Gasteiger partial charge in [0, 0.05) is 38.3 Å². The maximum absolute atomic E-state index is 12.5. The Balaban J connectivity index is 1.49. The van der Waals surface area contributed by atoms with Crippen LogP contribution in [0.3, 0.4) is 0 Å². The molecule has 3 amide bonds. The molecule has 3 rings (SSSR count). The monoisotopic (exact) mass is 374 g/mol. The number of carbonyl (C=O) groups is 2. The summed E-state index contributed by atoms with van der Waals surface area (Å²) in [4.78, 5) is 28.5. The summed E-state index contributed by atoms with van der Waals surface area (Å²) >= 11 is 1.32. The maximum Gasteiger partial charge on any atom is 0.321 e. The van der Waals surface area contributed by atoms with E-state index in [1.165, 1.54) is 11.3 Å². The normalized spacial score (nSPS) is 14.9. The van der Waals surface area contributed by atoms with Gasteiger partial charge in [-0.25, -0.2) is 4.79 Å². The van der Waals surface area contributed by atoms with Crippen molar-refractivity contribution >= 4 is 28.4 Å². The number of urea groups is 1. The number of piperazine rings is 1. The van der Waals surface area contributed by atoms with Crippen LogP contribution in [0, 0.1) is 6.92 Å². The summed E-state index contributed by atoms with van der Waals surface area (Å²) in [6.07, 6.45) is 0. The van der Waals surface area contributed by atoms with Crippen molar-refractivity contribution in [1.82, 2.24) is 25.3 Å². The van der Waals surface area contributed by atoms with Crippen LogP contribution in [0.4, 0.5) is 9.93 Å². The molecule has 1 aromatic heterocycles. The molecule has 2 aromatic rings. The van der Waals surface area contributed by atoms with Crippen molar-refractivity contribution in [3.63, 3.8) is 0 Å². The lowest BCUT2D eigenvalue weighted by Gasteiger charge is -2.32. The zero-order valence-electron chi connectivity index (χ0n) is 14.9. The number of carbonyl (C=O) groups excluding carboxylic acids is 2. The number of nitrogens with one attached hydrogen (secondary N) is 2. The van der Waals surface area contributed by atoms with Crippen molar-refractivity contribution < 1.29 is 9.59 Å². The number of aryl methyl sites for hydroxylation is 1. The quantitative estimate of drug-likeness (QED) is 0.848. The molecular formula is C17H22N6O2S. The second kappa shape index (κ2) is 8.24. The van der Waals surface area contributed by atoms with Gasteiger partial charge in [-0.1, -0.05) is 23.5 Å². The molecule has 0 bridgehead atoms. The van der Waals surface area contributed by atoms with Gasteiger partial charge >= 0.3 is 6.03 Å². The minimum absolute atomic E-state index is 0.0574. The minimum atomic E-state index is -0.335. The largest absolute Gasteiger partial charge is 0.336 e. The van der Waals surface area contributed by atoms with E-state index < -0.39 is 0 Å². The van der Waals surface area contributed by atoms with Gasteiger partial charge < -0.3 is 15.1 Å². The Morgan fingerprint density at radius 3 is 2.42 bits per heavy atom. The van der Waals surface area contributed by atoms with Gasteiger partial charge in [-0.2, -0.15) is 0 Å². The first kappa shape index (κ1) is 18.3. The molecule has 2 heterocycles. The molecular weight excluding hydrogens is 352 g/mol. The smallest absolute Gasteiger partial charge is 0.321 e. The lowest BCUT2D eigenvalue weighted by atomic mass is 10.1. The van der Waals surface area contributed by atoms with E-state index >= 15 is 0 Å². The zero-order valence-corrected chi connectivity index (χ0v) is 15.7. The lowest BCUT2D eigenvalue weighted by Crippen LogP contribution is -2.47. The number of likely N-dealkylation sites (N-methyl/N-ethyl adjacent to an activating group) is 1. The van der Waals surface area contributed by atoms with Gasteiger partial charge in [0.15, 0.2) is 0 Å². The topological polar surface area (TPSA) is 90.5 Å². The highest BCUT2D eigenvalue weighted by Crippen LogP contribution is 2.13. The number of amides is 3. The summed E-state index contributed by atoms with van der Waals surface area (Å²) in [5.74, 6) is 0.0574. The van der Waals surface area contributed by atoms with Gasteiger partial charge in [-0.3, -0.25) is 10.1 Å². The molecule has 1 aliphatic heterocycles. The summed E-state index contributed by atoms with van der Waals surface area (Å²) < 4.78 is 0. The second-order valence-corrected chi connectivity index (χ2v) is 7.41.